The standard InChI is InChI=1S/C20H28O3/c1-2-3-11-17-14-15-20(23-22-17)21-19-13-8-7-12-18(19)16-9-5-4-6-10-16/h4-6,9-10,14-15,17-20H,2-3,7-8,11-13H2,1H3/t17?,18-,19-,20?/m0/s1. The minimum absolute atomic E-state index is 0.0751. The summed E-state index contributed by atoms with van der Waals surface area (Å²) in [4.78, 5) is 10.9. The van der Waals surface area contributed by atoms with Crippen LogP contribution in [0.1, 0.15) is 63.4 Å². The van der Waals surface area contributed by atoms with Gasteiger partial charge in [-0.1, -0.05) is 69.0 Å². The zero-order valence-corrected chi connectivity index (χ0v) is 14.0. The first-order valence-electron chi connectivity index (χ1n) is 9.07. The molecule has 4 atom stereocenters. The summed E-state index contributed by atoms with van der Waals surface area (Å²) in [7, 11) is 0. The fourth-order valence-corrected chi connectivity index (χ4v) is 3.54. The number of benzene rings is 1. The summed E-state index contributed by atoms with van der Waals surface area (Å²) in [6.45, 7) is 2.19. The maximum absolute atomic E-state index is 6.22. The van der Waals surface area contributed by atoms with E-state index < -0.39 is 0 Å². The van der Waals surface area contributed by atoms with Gasteiger partial charge < -0.3 is 4.74 Å². The van der Waals surface area contributed by atoms with Crippen molar-refractivity contribution in [1.82, 2.24) is 0 Å². The average molecular weight is 316 g/mol. The average Bonchev–Trinajstić information content (AvgIpc) is 2.62. The van der Waals surface area contributed by atoms with Gasteiger partial charge in [-0.05, 0) is 30.9 Å². The molecule has 126 valence electrons. The van der Waals surface area contributed by atoms with Gasteiger partial charge in [-0.25, -0.2) is 4.89 Å². The molecule has 1 aromatic rings. The Morgan fingerprint density at radius 3 is 2.61 bits per heavy atom. The van der Waals surface area contributed by atoms with Crippen molar-refractivity contribution >= 4 is 0 Å². The number of rotatable bonds is 6. The Balaban J connectivity index is 1.58. The van der Waals surface area contributed by atoms with Crippen LogP contribution < -0.4 is 0 Å². The Bertz CT molecular complexity index is 485. The maximum Gasteiger partial charge on any atom is 0.210 e. The van der Waals surface area contributed by atoms with Crippen molar-refractivity contribution in [3.8, 4) is 0 Å². The van der Waals surface area contributed by atoms with E-state index >= 15 is 0 Å². The second-order valence-corrected chi connectivity index (χ2v) is 6.60. The van der Waals surface area contributed by atoms with E-state index in [0.717, 1.165) is 19.3 Å². The summed E-state index contributed by atoms with van der Waals surface area (Å²) >= 11 is 0. The molecule has 0 bridgehead atoms. The van der Waals surface area contributed by atoms with E-state index in [1.807, 2.05) is 6.08 Å². The van der Waals surface area contributed by atoms with Crippen molar-refractivity contribution in [2.24, 2.45) is 0 Å². The predicted molar refractivity (Wildman–Crippen MR) is 90.9 cm³/mol. The lowest BCUT2D eigenvalue weighted by atomic mass is 9.81. The molecular formula is C20H28O3. The second-order valence-electron chi connectivity index (χ2n) is 6.60. The highest BCUT2D eigenvalue weighted by molar-refractivity contribution is 5.21. The third-order valence-electron chi connectivity index (χ3n) is 4.84. The van der Waals surface area contributed by atoms with E-state index in [1.165, 1.54) is 31.2 Å². The molecule has 1 aliphatic carbocycles. The zero-order chi connectivity index (χ0) is 15.9. The highest BCUT2D eigenvalue weighted by atomic mass is 17.2. The van der Waals surface area contributed by atoms with E-state index in [4.69, 9.17) is 14.5 Å². The molecule has 23 heavy (non-hydrogen) atoms. The van der Waals surface area contributed by atoms with E-state index in [9.17, 15) is 0 Å². The minimum Gasteiger partial charge on any atom is -0.343 e. The van der Waals surface area contributed by atoms with E-state index in [2.05, 4.69) is 43.3 Å². The van der Waals surface area contributed by atoms with Crippen LogP contribution in [0.5, 0.6) is 0 Å². The van der Waals surface area contributed by atoms with Crippen LogP contribution in [-0.4, -0.2) is 18.5 Å². The van der Waals surface area contributed by atoms with Crippen LogP contribution >= 0.6 is 0 Å². The summed E-state index contributed by atoms with van der Waals surface area (Å²) < 4.78 is 6.22. The molecule has 3 rings (SSSR count). The Kier molecular flexibility index (Phi) is 6.26. The molecule has 1 aromatic carbocycles. The van der Waals surface area contributed by atoms with Crippen molar-refractivity contribution in [3.05, 3.63) is 48.0 Å². The third kappa shape index (κ3) is 4.66. The lowest BCUT2D eigenvalue weighted by molar-refractivity contribution is -0.393. The highest BCUT2D eigenvalue weighted by Crippen LogP contribution is 2.36. The molecule has 0 saturated heterocycles. The fourth-order valence-electron chi connectivity index (χ4n) is 3.54. The predicted octanol–water partition coefficient (Wildman–Crippen LogP) is 5.13. The fraction of sp³-hybridized carbons (Fsp3) is 0.600. The van der Waals surface area contributed by atoms with E-state index in [1.54, 1.807) is 0 Å². The van der Waals surface area contributed by atoms with Crippen LogP contribution in [0.15, 0.2) is 42.5 Å². The first kappa shape index (κ1) is 16.7. The lowest BCUT2D eigenvalue weighted by Crippen LogP contribution is -2.33. The quantitative estimate of drug-likeness (QED) is 0.538. The van der Waals surface area contributed by atoms with Crippen LogP contribution in [0.3, 0.4) is 0 Å². The summed E-state index contributed by atoms with van der Waals surface area (Å²) in [5.74, 6) is 0.458. The maximum atomic E-state index is 6.22. The number of ether oxygens (including phenoxy) is 1. The topological polar surface area (TPSA) is 27.7 Å². The molecular weight excluding hydrogens is 288 g/mol. The Hall–Kier alpha value is -1.16. The third-order valence-corrected chi connectivity index (χ3v) is 4.84. The summed E-state index contributed by atoms with van der Waals surface area (Å²) in [6, 6.07) is 10.7. The summed E-state index contributed by atoms with van der Waals surface area (Å²) in [5, 5.41) is 0. The van der Waals surface area contributed by atoms with Gasteiger partial charge in [0.1, 0.15) is 6.10 Å². The smallest absolute Gasteiger partial charge is 0.210 e. The highest BCUT2D eigenvalue weighted by Gasteiger charge is 2.30. The van der Waals surface area contributed by atoms with Crippen LogP contribution in [0, 0.1) is 0 Å². The monoisotopic (exact) mass is 316 g/mol. The largest absolute Gasteiger partial charge is 0.343 e. The molecule has 0 spiro atoms. The van der Waals surface area contributed by atoms with Gasteiger partial charge in [-0.15, -0.1) is 0 Å². The van der Waals surface area contributed by atoms with Crippen LogP contribution in [-0.2, 0) is 14.5 Å². The van der Waals surface area contributed by atoms with Gasteiger partial charge in [0.25, 0.3) is 0 Å². The molecule has 3 nitrogen and oxygen atoms in total. The Morgan fingerprint density at radius 2 is 1.87 bits per heavy atom. The molecule has 2 aliphatic rings. The van der Waals surface area contributed by atoms with Crippen LogP contribution in [0.4, 0.5) is 0 Å². The molecule has 1 saturated carbocycles. The first-order chi connectivity index (χ1) is 11.4. The van der Waals surface area contributed by atoms with Gasteiger partial charge in [0.2, 0.25) is 6.29 Å². The Labute approximate surface area is 139 Å². The van der Waals surface area contributed by atoms with Gasteiger partial charge in [-0.3, -0.25) is 0 Å². The summed E-state index contributed by atoms with van der Waals surface area (Å²) in [6.07, 6.45) is 12.1. The van der Waals surface area contributed by atoms with Crippen molar-refractivity contribution in [1.29, 1.82) is 0 Å². The molecule has 3 heteroatoms. The van der Waals surface area contributed by atoms with Crippen molar-refractivity contribution in [2.75, 3.05) is 0 Å². The zero-order valence-electron chi connectivity index (χ0n) is 14.0. The van der Waals surface area contributed by atoms with Crippen molar-refractivity contribution in [3.63, 3.8) is 0 Å². The van der Waals surface area contributed by atoms with E-state index in [0.29, 0.717) is 5.92 Å². The number of unbranched alkanes of at least 4 members (excludes halogenated alkanes) is 1. The molecule has 1 fully saturated rings. The van der Waals surface area contributed by atoms with Gasteiger partial charge >= 0.3 is 0 Å². The molecule has 1 heterocycles. The van der Waals surface area contributed by atoms with Gasteiger partial charge in [0.15, 0.2) is 0 Å². The SMILES string of the molecule is CCCCC1C=CC(O[C@H]2CCCC[C@H]2c2ccccc2)OO1. The van der Waals surface area contributed by atoms with Gasteiger partial charge in [0, 0.05) is 5.92 Å². The molecule has 0 amide bonds. The normalized spacial score (nSPS) is 31.2. The molecule has 0 radical (unpaired) electrons. The second kappa shape index (κ2) is 8.62. The van der Waals surface area contributed by atoms with Gasteiger partial charge in [0.05, 0.1) is 6.10 Å². The van der Waals surface area contributed by atoms with Gasteiger partial charge in [-0.2, -0.15) is 4.89 Å². The summed E-state index contributed by atoms with van der Waals surface area (Å²) in [5.41, 5.74) is 1.37. The van der Waals surface area contributed by atoms with E-state index in [-0.39, 0.29) is 18.5 Å². The lowest BCUT2D eigenvalue weighted by Gasteiger charge is -2.34. The number of hydrogen-bond donors (Lipinski definition) is 0. The molecule has 0 aromatic heterocycles. The molecule has 1 aliphatic heterocycles. The molecule has 0 N–H and O–H groups in total. The Morgan fingerprint density at radius 1 is 1.04 bits per heavy atom. The van der Waals surface area contributed by atoms with Crippen LogP contribution in [0.25, 0.3) is 0 Å². The first-order valence-corrected chi connectivity index (χ1v) is 9.07. The number of hydrogen-bond acceptors (Lipinski definition) is 3. The molecule has 2 unspecified atom stereocenters. The van der Waals surface area contributed by atoms with Crippen molar-refractivity contribution < 1.29 is 14.5 Å². The minimum atomic E-state index is -0.373. The van der Waals surface area contributed by atoms with Crippen molar-refractivity contribution in [2.45, 2.75) is 76.3 Å². The van der Waals surface area contributed by atoms with Crippen LogP contribution in [0.2, 0.25) is 0 Å².